The summed E-state index contributed by atoms with van der Waals surface area (Å²) in [6.07, 6.45) is 2.12. The summed E-state index contributed by atoms with van der Waals surface area (Å²) in [5, 5.41) is 3.32. The van der Waals surface area contributed by atoms with Gasteiger partial charge >= 0.3 is 0 Å². The van der Waals surface area contributed by atoms with Crippen LogP contribution in [0, 0.1) is 0 Å². The molecule has 1 N–H and O–H groups in total. The maximum atomic E-state index is 5.62. The molecule has 0 heterocycles. The second kappa shape index (κ2) is 8.02. The van der Waals surface area contributed by atoms with Gasteiger partial charge in [-0.05, 0) is 25.6 Å². The Morgan fingerprint density at radius 1 is 1.11 bits per heavy atom. The normalized spacial score (nSPS) is 13.9. The second-order valence-electron chi connectivity index (χ2n) is 4.41. The number of nitrogens with one attached hydrogen (secondary N) is 1. The van der Waals surface area contributed by atoms with Crippen LogP contribution < -0.4 is 14.8 Å². The first-order valence-electron chi connectivity index (χ1n) is 6.64. The molecule has 0 radical (unpaired) electrons. The Morgan fingerprint density at radius 2 is 1.68 bits per heavy atom. The monoisotopic (exact) mass is 267 g/mol. The molecule has 0 saturated carbocycles. The highest BCUT2D eigenvalue weighted by molar-refractivity contribution is 5.47. The molecule has 0 aliphatic carbocycles. The zero-order valence-corrected chi connectivity index (χ0v) is 12.5. The summed E-state index contributed by atoms with van der Waals surface area (Å²) in [4.78, 5) is 0. The second-order valence-corrected chi connectivity index (χ2v) is 4.41. The van der Waals surface area contributed by atoms with Crippen LogP contribution >= 0.6 is 0 Å². The number of hydrogen-bond donors (Lipinski definition) is 1. The van der Waals surface area contributed by atoms with E-state index in [1.165, 1.54) is 0 Å². The lowest BCUT2D eigenvalue weighted by Crippen LogP contribution is -2.31. The predicted molar refractivity (Wildman–Crippen MR) is 77.1 cm³/mol. The third-order valence-electron chi connectivity index (χ3n) is 3.34. The van der Waals surface area contributed by atoms with E-state index in [-0.39, 0.29) is 12.1 Å². The number of rotatable bonds is 8. The Balaban J connectivity index is 3.21. The van der Waals surface area contributed by atoms with Crippen LogP contribution in [0.1, 0.15) is 31.4 Å². The zero-order valence-electron chi connectivity index (χ0n) is 12.5. The van der Waals surface area contributed by atoms with E-state index in [9.17, 15) is 0 Å². The summed E-state index contributed by atoms with van der Waals surface area (Å²) >= 11 is 0. The van der Waals surface area contributed by atoms with Crippen LogP contribution in [0.25, 0.3) is 0 Å². The lowest BCUT2D eigenvalue weighted by Gasteiger charge is -2.28. The van der Waals surface area contributed by atoms with Crippen molar-refractivity contribution >= 4 is 0 Å². The van der Waals surface area contributed by atoms with Gasteiger partial charge in [-0.1, -0.05) is 19.4 Å². The van der Waals surface area contributed by atoms with Crippen molar-refractivity contribution in [2.75, 3.05) is 28.4 Å². The van der Waals surface area contributed by atoms with Gasteiger partial charge in [0.05, 0.1) is 31.9 Å². The van der Waals surface area contributed by atoms with Crippen molar-refractivity contribution in [3.63, 3.8) is 0 Å². The smallest absolute Gasteiger partial charge is 0.127 e. The molecule has 0 saturated heterocycles. The molecule has 108 valence electrons. The third-order valence-corrected chi connectivity index (χ3v) is 3.34. The molecule has 1 aromatic rings. The Labute approximate surface area is 116 Å². The van der Waals surface area contributed by atoms with Gasteiger partial charge in [0.25, 0.3) is 0 Å². The Kier molecular flexibility index (Phi) is 6.67. The van der Waals surface area contributed by atoms with E-state index in [1.54, 1.807) is 21.3 Å². The van der Waals surface area contributed by atoms with Crippen molar-refractivity contribution in [3.8, 4) is 11.5 Å². The first-order chi connectivity index (χ1) is 9.23. The van der Waals surface area contributed by atoms with E-state index < -0.39 is 0 Å². The Hall–Kier alpha value is -1.26. The van der Waals surface area contributed by atoms with Crippen LogP contribution in [0.5, 0.6) is 11.5 Å². The summed E-state index contributed by atoms with van der Waals surface area (Å²) in [6, 6.07) is 5.85. The Morgan fingerprint density at radius 3 is 2.05 bits per heavy atom. The average molecular weight is 267 g/mol. The summed E-state index contributed by atoms with van der Waals surface area (Å²) in [5.41, 5.74) is 1.01. The van der Waals surface area contributed by atoms with Crippen LogP contribution in [0.3, 0.4) is 0 Å². The van der Waals surface area contributed by atoms with Gasteiger partial charge in [-0.3, -0.25) is 0 Å². The molecule has 0 fully saturated rings. The van der Waals surface area contributed by atoms with E-state index >= 15 is 0 Å². The number of hydrogen-bond acceptors (Lipinski definition) is 4. The first kappa shape index (κ1) is 15.8. The fraction of sp³-hybridized carbons (Fsp3) is 0.600. The van der Waals surface area contributed by atoms with E-state index in [4.69, 9.17) is 14.2 Å². The van der Waals surface area contributed by atoms with Crippen molar-refractivity contribution in [3.05, 3.63) is 23.8 Å². The van der Waals surface area contributed by atoms with E-state index in [1.807, 2.05) is 25.2 Å². The molecule has 1 rings (SSSR count). The van der Waals surface area contributed by atoms with Crippen molar-refractivity contribution < 1.29 is 14.2 Å². The fourth-order valence-corrected chi connectivity index (χ4v) is 2.41. The molecule has 0 aliphatic heterocycles. The minimum absolute atomic E-state index is 0.0380. The number of methoxy groups -OCH3 is 3. The SMILES string of the molecule is CCCC(OC)C(NC)c1c(OC)cccc1OC. The Bertz CT molecular complexity index is 359. The van der Waals surface area contributed by atoms with E-state index in [0.29, 0.717) is 0 Å². The molecule has 0 bridgehead atoms. The number of likely N-dealkylation sites (N-methyl/N-ethyl adjacent to an activating group) is 1. The van der Waals surface area contributed by atoms with Gasteiger partial charge in [0.2, 0.25) is 0 Å². The lowest BCUT2D eigenvalue weighted by molar-refractivity contribution is 0.0614. The molecule has 4 heteroatoms. The van der Waals surface area contributed by atoms with Gasteiger partial charge in [-0.15, -0.1) is 0 Å². The summed E-state index contributed by atoms with van der Waals surface area (Å²) in [6.45, 7) is 2.15. The van der Waals surface area contributed by atoms with Crippen molar-refractivity contribution in [1.29, 1.82) is 0 Å². The van der Waals surface area contributed by atoms with Crippen LogP contribution in [0.2, 0.25) is 0 Å². The first-order valence-corrected chi connectivity index (χ1v) is 6.64. The molecule has 1 aromatic carbocycles. The molecule has 0 spiro atoms. The largest absolute Gasteiger partial charge is 0.496 e. The minimum atomic E-state index is 0.0380. The van der Waals surface area contributed by atoms with Crippen molar-refractivity contribution in [1.82, 2.24) is 5.32 Å². The summed E-state index contributed by atoms with van der Waals surface area (Å²) in [5.74, 6) is 1.63. The van der Waals surface area contributed by atoms with Gasteiger partial charge < -0.3 is 19.5 Å². The maximum Gasteiger partial charge on any atom is 0.127 e. The van der Waals surface area contributed by atoms with Crippen LogP contribution in [0.15, 0.2) is 18.2 Å². The van der Waals surface area contributed by atoms with Gasteiger partial charge in [0.15, 0.2) is 0 Å². The van der Waals surface area contributed by atoms with Gasteiger partial charge in [-0.25, -0.2) is 0 Å². The molecule has 19 heavy (non-hydrogen) atoms. The quantitative estimate of drug-likeness (QED) is 0.786. The van der Waals surface area contributed by atoms with E-state index in [2.05, 4.69) is 12.2 Å². The highest BCUT2D eigenvalue weighted by Gasteiger charge is 2.27. The van der Waals surface area contributed by atoms with Crippen molar-refractivity contribution in [2.24, 2.45) is 0 Å². The zero-order chi connectivity index (χ0) is 14.3. The summed E-state index contributed by atoms with van der Waals surface area (Å²) < 4.78 is 16.6. The summed E-state index contributed by atoms with van der Waals surface area (Å²) in [7, 11) is 7.02. The molecule has 0 aliphatic rings. The topological polar surface area (TPSA) is 39.7 Å². The molecule has 2 atom stereocenters. The molecule has 0 amide bonds. The standard InChI is InChI=1S/C15H25NO3/c1-6-8-13(19-5)15(16-2)14-11(17-3)9-7-10-12(14)18-4/h7,9-10,13,15-16H,6,8H2,1-5H3. The minimum Gasteiger partial charge on any atom is -0.496 e. The van der Waals surface area contributed by atoms with Gasteiger partial charge in [0, 0.05) is 7.11 Å². The highest BCUT2D eigenvalue weighted by atomic mass is 16.5. The molecule has 4 nitrogen and oxygen atoms in total. The molecule has 0 aromatic heterocycles. The van der Waals surface area contributed by atoms with Crippen molar-refractivity contribution in [2.45, 2.75) is 31.9 Å². The molecular formula is C15H25NO3. The van der Waals surface area contributed by atoms with Gasteiger partial charge in [0.1, 0.15) is 11.5 Å². The highest BCUT2D eigenvalue weighted by Crippen LogP contribution is 2.37. The van der Waals surface area contributed by atoms with Crippen LogP contribution in [-0.2, 0) is 4.74 Å². The van der Waals surface area contributed by atoms with E-state index in [0.717, 1.165) is 29.9 Å². The van der Waals surface area contributed by atoms with Gasteiger partial charge in [-0.2, -0.15) is 0 Å². The third kappa shape index (κ3) is 3.61. The van der Waals surface area contributed by atoms with Crippen LogP contribution in [0.4, 0.5) is 0 Å². The van der Waals surface area contributed by atoms with Crippen LogP contribution in [-0.4, -0.2) is 34.5 Å². The lowest BCUT2D eigenvalue weighted by atomic mass is 9.96. The number of benzene rings is 1. The molecular weight excluding hydrogens is 242 g/mol. The average Bonchev–Trinajstić information content (AvgIpc) is 2.46. The predicted octanol–water partition coefficient (Wildman–Crippen LogP) is 2.78. The maximum absolute atomic E-state index is 5.62. The molecule has 2 unspecified atom stereocenters. The number of ether oxygens (including phenoxy) is 3. The fourth-order valence-electron chi connectivity index (χ4n) is 2.41.